The van der Waals surface area contributed by atoms with Crippen molar-refractivity contribution in [1.29, 1.82) is 0 Å². The van der Waals surface area contributed by atoms with Gasteiger partial charge in [0.2, 0.25) is 0 Å². The summed E-state index contributed by atoms with van der Waals surface area (Å²) in [6.07, 6.45) is 0. The van der Waals surface area contributed by atoms with Crippen LogP contribution in [0.2, 0.25) is 0 Å². The van der Waals surface area contributed by atoms with Crippen molar-refractivity contribution < 1.29 is 14.3 Å². The van der Waals surface area contributed by atoms with E-state index < -0.39 is 0 Å². The van der Waals surface area contributed by atoms with Crippen molar-refractivity contribution in [3.63, 3.8) is 0 Å². The molecule has 2 unspecified atom stereocenters. The third-order valence-electron chi connectivity index (χ3n) is 2.91. The highest BCUT2D eigenvalue weighted by atomic mass is 16.5. The Kier molecular flexibility index (Phi) is 2.09. The zero-order chi connectivity index (χ0) is 10.3. The zero-order valence-corrected chi connectivity index (χ0v) is 8.40. The lowest BCUT2D eigenvalue weighted by Gasteiger charge is -2.19. The van der Waals surface area contributed by atoms with E-state index in [0.29, 0.717) is 19.7 Å². The summed E-state index contributed by atoms with van der Waals surface area (Å²) in [6.45, 7) is 5.33. The Hall–Kier alpha value is -1.26. The molecule has 0 aromatic carbocycles. The second kappa shape index (κ2) is 3.15. The average Bonchev–Trinajstić information content (AvgIpc) is 2.65. The first-order chi connectivity index (χ1) is 6.70. The monoisotopic (exact) mass is 198 g/mol. The van der Waals surface area contributed by atoms with Crippen LogP contribution in [-0.4, -0.2) is 53.6 Å². The largest absolute Gasteiger partial charge is 0.462 e. The molecule has 2 fully saturated rings. The lowest BCUT2D eigenvalue weighted by molar-refractivity contribution is -0.141. The first-order valence-corrected chi connectivity index (χ1v) is 4.94. The maximum absolute atomic E-state index is 11.8. The number of cyclic esters (lactones) is 1. The van der Waals surface area contributed by atoms with Crippen LogP contribution in [0.15, 0.2) is 0 Å². The van der Waals surface area contributed by atoms with Crippen LogP contribution in [0.3, 0.4) is 0 Å². The smallest absolute Gasteiger partial charge is 0.331 e. The van der Waals surface area contributed by atoms with Gasteiger partial charge in [-0.25, -0.2) is 9.59 Å². The highest BCUT2D eigenvalue weighted by molar-refractivity contribution is 5.90. The summed E-state index contributed by atoms with van der Waals surface area (Å²) >= 11 is 0. The van der Waals surface area contributed by atoms with Crippen LogP contribution in [0.25, 0.3) is 0 Å². The van der Waals surface area contributed by atoms with Gasteiger partial charge in [0.1, 0.15) is 6.61 Å². The quantitative estimate of drug-likeness (QED) is 0.589. The van der Waals surface area contributed by atoms with Gasteiger partial charge in [-0.3, -0.25) is 0 Å². The first kappa shape index (κ1) is 9.30. The van der Waals surface area contributed by atoms with Crippen molar-refractivity contribution in [1.82, 2.24) is 9.80 Å². The first-order valence-electron chi connectivity index (χ1n) is 4.94. The van der Waals surface area contributed by atoms with E-state index >= 15 is 0 Å². The lowest BCUT2D eigenvalue weighted by Crippen LogP contribution is -2.38. The molecular weight excluding hydrogens is 184 g/mol. The number of nitrogens with zero attached hydrogens (tertiary/aromatic N) is 2. The van der Waals surface area contributed by atoms with E-state index in [-0.39, 0.29) is 24.1 Å². The zero-order valence-electron chi connectivity index (χ0n) is 8.40. The number of likely N-dealkylation sites (N-methyl/N-ethyl adjacent to an activating group) is 2. The van der Waals surface area contributed by atoms with E-state index in [1.54, 1.807) is 9.80 Å². The van der Waals surface area contributed by atoms with E-state index in [2.05, 4.69) is 0 Å². The molecule has 2 aliphatic rings. The van der Waals surface area contributed by atoms with Crippen LogP contribution in [0.4, 0.5) is 4.79 Å². The predicted molar refractivity (Wildman–Crippen MR) is 48.7 cm³/mol. The number of hydrogen-bond donors (Lipinski definition) is 0. The molecule has 14 heavy (non-hydrogen) atoms. The van der Waals surface area contributed by atoms with Crippen molar-refractivity contribution in [3.8, 4) is 0 Å². The molecule has 0 N–H and O–H groups in total. The number of fused-ring (bicyclic) bond motifs is 1. The van der Waals surface area contributed by atoms with Gasteiger partial charge in [0.05, 0.1) is 6.04 Å². The van der Waals surface area contributed by atoms with Crippen molar-refractivity contribution >= 4 is 12.0 Å². The van der Waals surface area contributed by atoms with E-state index in [0.717, 1.165) is 0 Å². The Balaban J connectivity index is 2.29. The molecule has 2 saturated heterocycles. The molecule has 2 heterocycles. The summed E-state index contributed by atoms with van der Waals surface area (Å²) in [5.74, 6) is -0.263. The third-order valence-corrected chi connectivity index (χ3v) is 2.91. The van der Waals surface area contributed by atoms with Gasteiger partial charge in [-0.05, 0) is 13.8 Å². The summed E-state index contributed by atoms with van der Waals surface area (Å²) in [4.78, 5) is 26.5. The minimum Gasteiger partial charge on any atom is -0.462 e. The van der Waals surface area contributed by atoms with Crippen LogP contribution in [0.5, 0.6) is 0 Å². The number of carbonyl (C=O) groups is 2. The minimum atomic E-state index is -0.368. The average molecular weight is 198 g/mol. The van der Waals surface area contributed by atoms with Crippen molar-refractivity contribution in [2.75, 3.05) is 19.7 Å². The summed E-state index contributed by atoms with van der Waals surface area (Å²) in [5.41, 5.74) is 0. The Bertz CT molecular complexity index is 279. The van der Waals surface area contributed by atoms with Crippen molar-refractivity contribution in [2.24, 2.45) is 0 Å². The molecule has 78 valence electrons. The molecule has 0 aromatic rings. The van der Waals surface area contributed by atoms with E-state index in [1.165, 1.54) is 0 Å². The molecule has 0 spiro atoms. The van der Waals surface area contributed by atoms with Crippen LogP contribution in [0.1, 0.15) is 13.8 Å². The fourth-order valence-corrected chi connectivity index (χ4v) is 2.22. The number of ether oxygens (including phenoxy) is 1. The van der Waals surface area contributed by atoms with Gasteiger partial charge in [0, 0.05) is 13.1 Å². The Morgan fingerprint density at radius 3 is 2.50 bits per heavy atom. The van der Waals surface area contributed by atoms with E-state index in [9.17, 15) is 9.59 Å². The summed E-state index contributed by atoms with van der Waals surface area (Å²) in [5, 5.41) is 0. The predicted octanol–water partition coefficient (Wildman–Crippen LogP) is 0.0578. The number of amides is 2. The second-order valence-electron chi connectivity index (χ2n) is 3.50. The highest BCUT2D eigenvalue weighted by Gasteiger charge is 2.53. The van der Waals surface area contributed by atoms with Gasteiger partial charge < -0.3 is 14.5 Å². The normalized spacial score (nSPS) is 31.0. The van der Waals surface area contributed by atoms with Gasteiger partial charge in [0.15, 0.2) is 6.04 Å². The van der Waals surface area contributed by atoms with Gasteiger partial charge in [0.25, 0.3) is 0 Å². The lowest BCUT2D eigenvalue weighted by atomic mass is 10.1. The van der Waals surface area contributed by atoms with Crippen LogP contribution >= 0.6 is 0 Å². The molecule has 0 radical (unpaired) electrons. The molecule has 5 nitrogen and oxygen atoms in total. The maximum Gasteiger partial charge on any atom is 0.331 e. The fraction of sp³-hybridized carbons (Fsp3) is 0.778. The summed E-state index contributed by atoms with van der Waals surface area (Å²) in [7, 11) is 0. The highest BCUT2D eigenvalue weighted by Crippen LogP contribution is 2.28. The van der Waals surface area contributed by atoms with Crippen LogP contribution in [0, 0.1) is 0 Å². The number of carbonyl (C=O) groups excluding carboxylic acids is 2. The van der Waals surface area contributed by atoms with E-state index in [4.69, 9.17) is 4.74 Å². The fourth-order valence-electron chi connectivity index (χ4n) is 2.22. The van der Waals surface area contributed by atoms with Crippen LogP contribution < -0.4 is 0 Å². The molecule has 2 amide bonds. The minimum absolute atomic E-state index is 0.0401. The number of rotatable bonds is 2. The molecule has 0 aliphatic carbocycles. The van der Waals surface area contributed by atoms with Crippen LogP contribution in [-0.2, 0) is 9.53 Å². The molecular formula is C9H14N2O3. The van der Waals surface area contributed by atoms with Crippen molar-refractivity contribution in [3.05, 3.63) is 0 Å². The Labute approximate surface area is 82.6 Å². The molecule has 2 aliphatic heterocycles. The summed E-state index contributed by atoms with van der Waals surface area (Å²) in [6, 6.07) is -0.478. The SMILES string of the molecule is CCN1C(=O)N(CC)C2C(=O)OCC21. The molecule has 0 saturated carbocycles. The second-order valence-corrected chi connectivity index (χ2v) is 3.50. The maximum atomic E-state index is 11.8. The molecule has 5 heteroatoms. The molecule has 2 atom stereocenters. The molecule has 2 rings (SSSR count). The molecule has 0 aromatic heterocycles. The third kappa shape index (κ3) is 1.01. The van der Waals surface area contributed by atoms with Gasteiger partial charge in [-0.1, -0.05) is 0 Å². The van der Waals surface area contributed by atoms with Gasteiger partial charge in [-0.2, -0.15) is 0 Å². The Morgan fingerprint density at radius 1 is 1.29 bits per heavy atom. The summed E-state index contributed by atoms with van der Waals surface area (Å²) < 4.78 is 4.96. The van der Waals surface area contributed by atoms with E-state index in [1.807, 2.05) is 13.8 Å². The van der Waals surface area contributed by atoms with Crippen molar-refractivity contribution in [2.45, 2.75) is 25.9 Å². The van der Waals surface area contributed by atoms with Gasteiger partial charge >= 0.3 is 12.0 Å². The molecule has 0 bridgehead atoms. The number of esters is 1. The number of hydrogen-bond acceptors (Lipinski definition) is 3. The Morgan fingerprint density at radius 2 is 1.93 bits per heavy atom. The topological polar surface area (TPSA) is 49.9 Å². The number of urea groups is 1. The standard InChI is InChI=1S/C9H14N2O3/c1-3-10-6-5-14-8(12)7(6)11(4-2)9(10)13/h6-7H,3-5H2,1-2H3. The van der Waals surface area contributed by atoms with Gasteiger partial charge in [-0.15, -0.1) is 0 Å².